The van der Waals surface area contributed by atoms with E-state index in [-0.39, 0.29) is 12.8 Å². The van der Waals surface area contributed by atoms with E-state index in [0.717, 1.165) is 0 Å². The predicted molar refractivity (Wildman–Crippen MR) is 81.3 cm³/mol. The first-order valence-corrected chi connectivity index (χ1v) is 7.10. The van der Waals surface area contributed by atoms with E-state index in [4.69, 9.17) is 21.1 Å². The highest BCUT2D eigenvalue weighted by Crippen LogP contribution is 2.02. The SMILES string of the molecule is CF.NCCCCC(NC(=O)NC(CCC(=O)O)C(=O)O)C(=O)O. The van der Waals surface area contributed by atoms with E-state index in [0.29, 0.717) is 26.6 Å². The van der Waals surface area contributed by atoms with Crippen LogP contribution in [0.4, 0.5) is 9.18 Å². The molecule has 0 fully saturated rings. The molecule has 0 spiro atoms. The molecule has 2 unspecified atom stereocenters. The van der Waals surface area contributed by atoms with Crippen molar-refractivity contribution < 1.29 is 38.9 Å². The van der Waals surface area contributed by atoms with Crippen molar-refractivity contribution in [2.24, 2.45) is 5.73 Å². The number of carboxylic acid groups (broad SMARTS) is 3. The molecule has 0 bridgehead atoms. The fourth-order valence-corrected chi connectivity index (χ4v) is 1.63. The van der Waals surface area contributed by atoms with Gasteiger partial charge in [0.1, 0.15) is 12.1 Å². The molecule has 0 aliphatic rings. The number of alkyl halides is 1. The molecule has 24 heavy (non-hydrogen) atoms. The number of carbonyl (C=O) groups is 4. The number of rotatable bonds is 11. The van der Waals surface area contributed by atoms with Crippen LogP contribution >= 0.6 is 0 Å². The Kier molecular flexibility index (Phi) is 14.1. The molecule has 11 heteroatoms. The standard InChI is InChI=1S/C12H21N3O7.CH3F/c13-6-2-1-3-7(10(18)19)14-12(22)15-8(11(20)21)4-5-9(16)17;1-2/h7-8H,1-6,13H2,(H,16,17)(H,18,19)(H,20,21)(H2,14,15,22);1H3. The summed E-state index contributed by atoms with van der Waals surface area (Å²) >= 11 is 0. The maximum atomic E-state index is 11.6. The van der Waals surface area contributed by atoms with E-state index in [9.17, 15) is 23.6 Å². The number of nitrogens with two attached hydrogens (primary N) is 1. The van der Waals surface area contributed by atoms with Gasteiger partial charge in [0.25, 0.3) is 0 Å². The lowest BCUT2D eigenvalue weighted by molar-refractivity contribution is -0.140. The minimum absolute atomic E-state index is 0.160. The van der Waals surface area contributed by atoms with Gasteiger partial charge in [-0.3, -0.25) is 9.18 Å². The van der Waals surface area contributed by atoms with Crippen molar-refractivity contribution >= 4 is 23.9 Å². The topological polar surface area (TPSA) is 179 Å². The molecule has 7 N–H and O–H groups in total. The summed E-state index contributed by atoms with van der Waals surface area (Å²) in [6.07, 6.45) is 0.518. The zero-order valence-corrected chi connectivity index (χ0v) is 13.3. The van der Waals surface area contributed by atoms with Crippen LogP contribution in [0.3, 0.4) is 0 Å². The third-order valence-corrected chi connectivity index (χ3v) is 2.80. The number of carbonyl (C=O) groups excluding carboxylic acids is 1. The van der Waals surface area contributed by atoms with Crippen LogP contribution in [-0.2, 0) is 14.4 Å². The summed E-state index contributed by atoms with van der Waals surface area (Å²) in [6.45, 7) is 0.398. The molecule has 0 aromatic carbocycles. The number of unbranched alkanes of at least 4 members (excludes halogenated alkanes) is 1. The Morgan fingerprint density at radius 3 is 1.75 bits per heavy atom. The number of halogens is 1. The van der Waals surface area contributed by atoms with E-state index >= 15 is 0 Å². The van der Waals surface area contributed by atoms with Crippen LogP contribution in [0.15, 0.2) is 0 Å². The third kappa shape index (κ3) is 12.1. The monoisotopic (exact) mass is 353 g/mol. The molecule has 0 radical (unpaired) electrons. The highest BCUT2D eigenvalue weighted by Gasteiger charge is 2.24. The first-order valence-electron chi connectivity index (χ1n) is 7.10. The Labute approximate surface area is 138 Å². The summed E-state index contributed by atoms with van der Waals surface area (Å²) in [7, 11) is 0.500. The quantitative estimate of drug-likeness (QED) is 0.276. The van der Waals surface area contributed by atoms with Gasteiger partial charge in [0, 0.05) is 6.42 Å². The summed E-state index contributed by atoms with van der Waals surface area (Å²) in [5.41, 5.74) is 5.29. The molecule has 10 nitrogen and oxygen atoms in total. The largest absolute Gasteiger partial charge is 0.481 e. The number of hydrogen-bond donors (Lipinski definition) is 6. The first-order chi connectivity index (χ1) is 11.3. The molecule has 0 saturated heterocycles. The molecule has 0 aliphatic carbocycles. The summed E-state index contributed by atoms with van der Waals surface area (Å²) in [5, 5.41) is 30.6. The summed E-state index contributed by atoms with van der Waals surface area (Å²) in [4.78, 5) is 44.0. The second kappa shape index (κ2) is 14.2. The first kappa shape index (κ1) is 23.8. The second-order valence-corrected chi connectivity index (χ2v) is 4.62. The molecule has 140 valence electrons. The molecule has 0 saturated carbocycles. The van der Waals surface area contributed by atoms with Gasteiger partial charge in [-0.1, -0.05) is 0 Å². The predicted octanol–water partition coefficient (Wildman–Crippen LogP) is -0.228. The van der Waals surface area contributed by atoms with Gasteiger partial charge in [0.05, 0.1) is 7.18 Å². The average molecular weight is 353 g/mol. The van der Waals surface area contributed by atoms with Gasteiger partial charge in [0.15, 0.2) is 0 Å². The molecular weight excluding hydrogens is 329 g/mol. The fourth-order valence-electron chi connectivity index (χ4n) is 1.63. The van der Waals surface area contributed by atoms with Crippen molar-refractivity contribution in [3.63, 3.8) is 0 Å². The number of amides is 2. The Bertz CT molecular complexity index is 420. The van der Waals surface area contributed by atoms with Gasteiger partial charge in [-0.15, -0.1) is 0 Å². The fraction of sp³-hybridized carbons (Fsp3) is 0.692. The van der Waals surface area contributed by atoms with Gasteiger partial charge in [0.2, 0.25) is 0 Å². The zero-order chi connectivity index (χ0) is 19.1. The van der Waals surface area contributed by atoms with E-state index in [1.165, 1.54) is 0 Å². The maximum Gasteiger partial charge on any atom is 0.326 e. The summed E-state index contributed by atoms with van der Waals surface area (Å²) in [5.74, 6) is -3.84. The van der Waals surface area contributed by atoms with Gasteiger partial charge < -0.3 is 31.7 Å². The highest BCUT2D eigenvalue weighted by atomic mass is 19.1. The van der Waals surface area contributed by atoms with Crippen LogP contribution in [0, 0.1) is 0 Å². The Hall–Kier alpha value is -2.43. The van der Waals surface area contributed by atoms with Crippen LogP contribution in [-0.4, -0.2) is 65.1 Å². The van der Waals surface area contributed by atoms with Gasteiger partial charge in [-0.05, 0) is 32.2 Å². The van der Waals surface area contributed by atoms with Crippen molar-refractivity contribution in [1.29, 1.82) is 0 Å². The van der Waals surface area contributed by atoms with Crippen LogP contribution in [0.25, 0.3) is 0 Å². The van der Waals surface area contributed by atoms with Gasteiger partial charge >= 0.3 is 23.9 Å². The van der Waals surface area contributed by atoms with Crippen molar-refractivity contribution in [2.75, 3.05) is 13.7 Å². The van der Waals surface area contributed by atoms with Crippen molar-refractivity contribution in [3.05, 3.63) is 0 Å². The lowest BCUT2D eigenvalue weighted by Gasteiger charge is -2.18. The average Bonchev–Trinajstić information content (AvgIpc) is 2.51. The van der Waals surface area contributed by atoms with Crippen LogP contribution in [0.2, 0.25) is 0 Å². The van der Waals surface area contributed by atoms with Crippen molar-refractivity contribution in [1.82, 2.24) is 10.6 Å². The highest BCUT2D eigenvalue weighted by molar-refractivity contribution is 5.86. The van der Waals surface area contributed by atoms with Crippen molar-refractivity contribution in [3.8, 4) is 0 Å². The minimum Gasteiger partial charge on any atom is -0.481 e. The molecule has 0 aromatic rings. The molecule has 0 heterocycles. The Morgan fingerprint density at radius 2 is 1.38 bits per heavy atom. The van der Waals surface area contributed by atoms with Gasteiger partial charge in [-0.25, -0.2) is 14.4 Å². The summed E-state index contributed by atoms with van der Waals surface area (Å²) in [6, 6.07) is -3.55. The number of aliphatic carboxylic acids is 3. The minimum atomic E-state index is -1.41. The Balaban J connectivity index is 0. The second-order valence-electron chi connectivity index (χ2n) is 4.62. The smallest absolute Gasteiger partial charge is 0.326 e. The molecular formula is C13H24FN3O7. The molecule has 2 amide bonds. The van der Waals surface area contributed by atoms with E-state index in [1.807, 2.05) is 5.32 Å². The van der Waals surface area contributed by atoms with Crippen LogP contribution < -0.4 is 16.4 Å². The van der Waals surface area contributed by atoms with E-state index in [1.54, 1.807) is 0 Å². The molecule has 2 atom stereocenters. The third-order valence-electron chi connectivity index (χ3n) is 2.80. The van der Waals surface area contributed by atoms with Crippen molar-refractivity contribution in [2.45, 2.75) is 44.2 Å². The van der Waals surface area contributed by atoms with Crippen LogP contribution in [0.1, 0.15) is 32.1 Å². The number of urea groups is 1. The lowest BCUT2D eigenvalue weighted by Crippen LogP contribution is -2.51. The molecule has 0 rings (SSSR count). The summed E-state index contributed by atoms with van der Waals surface area (Å²) < 4.78 is 9.50. The van der Waals surface area contributed by atoms with Gasteiger partial charge in [-0.2, -0.15) is 0 Å². The van der Waals surface area contributed by atoms with Crippen LogP contribution in [0.5, 0.6) is 0 Å². The Morgan fingerprint density at radius 1 is 0.917 bits per heavy atom. The normalized spacial score (nSPS) is 12.1. The van der Waals surface area contributed by atoms with E-state index in [2.05, 4.69) is 5.32 Å². The maximum absolute atomic E-state index is 11.6. The molecule has 0 aromatic heterocycles. The number of carboxylic acids is 3. The number of nitrogens with one attached hydrogen (secondary N) is 2. The lowest BCUT2D eigenvalue weighted by atomic mass is 10.1. The zero-order valence-electron chi connectivity index (χ0n) is 13.3. The number of hydrogen-bond acceptors (Lipinski definition) is 5. The molecule has 0 aliphatic heterocycles. The van der Waals surface area contributed by atoms with E-state index < -0.39 is 42.4 Å².